The first kappa shape index (κ1) is 40.3. The number of esters is 1. The molecular formula is C39H43N8O3Ru+. The molecule has 0 aliphatic carbocycles. The fourth-order valence-electron chi connectivity index (χ4n) is 4.50. The van der Waals surface area contributed by atoms with Gasteiger partial charge in [-0.15, -0.1) is 0 Å². The van der Waals surface area contributed by atoms with Crippen LogP contribution in [-0.2, 0) is 40.3 Å². The number of aromatic nitrogens is 6. The molecule has 0 radical (unpaired) electrons. The standard InChI is InChI=1S/C19H27N4O3.2C10H8N2.Ru/c1-15-7-9-21-17(11-15)18-12-16(8-10-22-18)5-4-6-19(24)25-13-23(2,3)14-26-20;2*1-3-7-11-9(5-1)10-6-2-4-8-12-10;/h7-12H,4-6,13-14,20H2,1-3H3;2*1-8H;/q+1;;;. The normalized spacial score (nSPS) is 10.4. The van der Waals surface area contributed by atoms with Gasteiger partial charge in [0.2, 0.25) is 13.5 Å². The van der Waals surface area contributed by atoms with Crippen molar-refractivity contribution < 1.29 is 38.3 Å². The van der Waals surface area contributed by atoms with Crippen LogP contribution in [0.4, 0.5) is 0 Å². The molecule has 0 atom stereocenters. The summed E-state index contributed by atoms with van der Waals surface area (Å²) in [6.07, 6.45) is 12.5. The molecule has 0 unspecified atom stereocenters. The van der Waals surface area contributed by atoms with Crippen molar-refractivity contribution in [3.8, 4) is 34.2 Å². The van der Waals surface area contributed by atoms with Crippen LogP contribution in [0.25, 0.3) is 34.2 Å². The maximum absolute atomic E-state index is 11.9. The molecule has 0 amide bonds. The Morgan fingerprint density at radius 2 is 1.06 bits per heavy atom. The second kappa shape index (κ2) is 21.9. The number of pyridine rings is 6. The van der Waals surface area contributed by atoms with Crippen LogP contribution in [0.3, 0.4) is 0 Å². The van der Waals surface area contributed by atoms with Gasteiger partial charge in [-0.1, -0.05) is 24.3 Å². The zero-order chi connectivity index (χ0) is 35.4. The number of ether oxygens (including phenoxy) is 1. The van der Waals surface area contributed by atoms with Gasteiger partial charge in [0.25, 0.3) is 0 Å². The zero-order valence-corrected chi connectivity index (χ0v) is 30.8. The number of hydrogen-bond acceptors (Lipinski definition) is 10. The number of hydrogen-bond donors (Lipinski definition) is 1. The minimum absolute atomic E-state index is 0. The smallest absolute Gasteiger partial charge is 0.310 e. The van der Waals surface area contributed by atoms with Crippen molar-refractivity contribution in [3.63, 3.8) is 0 Å². The first-order valence-corrected chi connectivity index (χ1v) is 16.1. The molecule has 0 spiro atoms. The number of carbonyl (C=O) groups excluding carboxylic acids is 1. The number of rotatable bonds is 11. The Balaban J connectivity index is 0.000000231. The van der Waals surface area contributed by atoms with E-state index in [0.29, 0.717) is 17.3 Å². The van der Waals surface area contributed by atoms with Crippen LogP contribution in [0.2, 0.25) is 0 Å². The van der Waals surface area contributed by atoms with Crippen LogP contribution in [0.5, 0.6) is 0 Å². The fourth-order valence-corrected chi connectivity index (χ4v) is 4.50. The third kappa shape index (κ3) is 14.7. The molecule has 51 heavy (non-hydrogen) atoms. The molecule has 264 valence electrons. The number of nitrogens with two attached hydrogens (primary N) is 1. The average Bonchev–Trinajstić information content (AvgIpc) is 3.16. The van der Waals surface area contributed by atoms with Crippen molar-refractivity contribution in [2.45, 2.75) is 26.2 Å². The van der Waals surface area contributed by atoms with E-state index in [-0.39, 0.29) is 38.9 Å². The summed E-state index contributed by atoms with van der Waals surface area (Å²) in [6, 6.07) is 31.1. The Hall–Kier alpha value is -5.13. The summed E-state index contributed by atoms with van der Waals surface area (Å²) < 4.78 is 5.64. The van der Waals surface area contributed by atoms with Gasteiger partial charge in [0, 0.05) is 63.1 Å². The van der Waals surface area contributed by atoms with Gasteiger partial charge >= 0.3 is 5.97 Å². The van der Waals surface area contributed by atoms with Crippen LogP contribution in [0, 0.1) is 6.92 Å². The van der Waals surface area contributed by atoms with E-state index in [0.717, 1.165) is 51.7 Å². The molecule has 0 aliphatic rings. The summed E-state index contributed by atoms with van der Waals surface area (Å²) in [5.74, 6) is 4.84. The summed E-state index contributed by atoms with van der Waals surface area (Å²) >= 11 is 0. The first-order valence-electron chi connectivity index (χ1n) is 16.1. The largest absolute Gasteiger partial charge is 0.415 e. The molecular weight excluding hydrogens is 730 g/mol. The van der Waals surface area contributed by atoms with Crippen molar-refractivity contribution in [2.75, 3.05) is 27.6 Å². The van der Waals surface area contributed by atoms with Crippen LogP contribution in [-0.4, -0.2) is 67.9 Å². The van der Waals surface area contributed by atoms with Crippen molar-refractivity contribution in [3.05, 3.63) is 145 Å². The zero-order valence-electron chi connectivity index (χ0n) is 29.0. The van der Waals surface area contributed by atoms with E-state index in [9.17, 15) is 4.79 Å². The van der Waals surface area contributed by atoms with E-state index in [4.69, 9.17) is 10.6 Å². The summed E-state index contributed by atoms with van der Waals surface area (Å²) in [4.78, 5) is 42.0. The SMILES string of the molecule is Cc1ccnc(-c2cc(CCCC(=O)OC[N+](C)(C)CON)ccn2)c1.[Ru].c1ccc(-c2ccccn2)nc1.c1ccc(-c2ccccn2)nc1. The van der Waals surface area contributed by atoms with Crippen LogP contribution in [0.15, 0.2) is 134 Å². The van der Waals surface area contributed by atoms with Crippen LogP contribution in [0.1, 0.15) is 24.0 Å². The predicted molar refractivity (Wildman–Crippen MR) is 193 cm³/mol. The number of quaternary nitrogens is 1. The Labute approximate surface area is 312 Å². The predicted octanol–water partition coefficient (Wildman–Crippen LogP) is 6.48. The molecule has 6 rings (SSSR count). The van der Waals surface area contributed by atoms with Gasteiger partial charge in [-0.2, -0.15) is 0 Å². The van der Waals surface area contributed by atoms with E-state index in [1.54, 1.807) is 37.2 Å². The second-order valence-corrected chi connectivity index (χ2v) is 11.9. The third-order valence-electron chi connectivity index (χ3n) is 7.03. The number of nitrogens with zero attached hydrogens (tertiary/aromatic N) is 7. The minimum atomic E-state index is -0.220. The molecule has 2 N–H and O–H groups in total. The molecule has 6 heterocycles. The minimum Gasteiger partial charge on any atom is -0.415 e. The maximum Gasteiger partial charge on any atom is 0.310 e. The molecule has 6 aromatic heterocycles. The Kier molecular flexibility index (Phi) is 17.3. The summed E-state index contributed by atoms with van der Waals surface area (Å²) in [5.41, 5.74) is 7.63. The van der Waals surface area contributed by atoms with E-state index in [1.165, 1.54) is 0 Å². The molecule has 6 aromatic rings. The summed E-state index contributed by atoms with van der Waals surface area (Å²) in [5, 5.41) is 0. The Morgan fingerprint density at radius 1 is 0.608 bits per heavy atom. The Morgan fingerprint density at radius 3 is 1.49 bits per heavy atom. The molecule has 0 saturated carbocycles. The fraction of sp³-hybridized carbons (Fsp3) is 0.205. The van der Waals surface area contributed by atoms with Gasteiger partial charge in [0.05, 0.1) is 48.3 Å². The third-order valence-corrected chi connectivity index (χ3v) is 7.03. The molecule has 0 bridgehead atoms. The van der Waals surface area contributed by atoms with E-state index >= 15 is 0 Å². The van der Waals surface area contributed by atoms with Gasteiger partial charge in [-0.25, -0.2) is 10.7 Å². The molecule has 0 aliphatic heterocycles. The van der Waals surface area contributed by atoms with Crippen molar-refractivity contribution in [1.82, 2.24) is 29.9 Å². The van der Waals surface area contributed by atoms with Crippen molar-refractivity contribution in [1.29, 1.82) is 0 Å². The quantitative estimate of drug-likeness (QED) is 0.0512. The van der Waals surface area contributed by atoms with Crippen molar-refractivity contribution in [2.24, 2.45) is 5.90 Å². The van der Waals surface area contributed by atoms with Crippen molar-refractivity contribution >= 4 is 5.97 Å². The van der Waals surface area contributed by atoms with Crippen LogP contribution < -0.4 is 5.90 Å². The molecule has 12 heteroatoms. The van der Waals surface area contributed by atoms with Gasteiger partial charge in [-0.05, 0) is 104 Å². The van der Waals surface area contributed by atoms with Gasteiger partial charge in [0.1, 0.15) is 0 Å². The monoisotopic (exact) mass is 773 g/mol. The van der Waals surface area contributed by atoms with Crippen LogP contribution >= 0.6 is 0 Å². The van der Waals surface area contributed by atoms with E-state index in [1.807, 2.05) is 118 Å². The van der Waals surface area contributed by atoms with E-state index < -0.39 is 0 Å². The van der Waals surface area contributed by atoms with Gasteiger partial charge in [-0.3, -0.25) is 39.2 Å². The van der Waals surface area contributed by atoms with Gasteiger partial charge < -0.3 is 4.74 Å². The molecule has 11 nitrogen and oxygen atoms in total. The molecule has 0 saturated heterocycles. The van der Waals surface area contributed by atoms with E-state index in [2.05, 4.69) is 34.7 Å². The van der Waals surface area contributed by atoms with Gasteiger partial charge in [0.15, 0.2) is 0 Å². The summed E-state index contributed by atoms with van der Waals surface area (Å²) in [7, 11) is 3.75. The number of carbonyl (C=O) groups is 1. The molecule has 0 fully saturated rings. The number of aryl methyl sites for hydroxylation is 2. The topological polar surface area (TPSA) is 139 Å². The molecule has 0 aromatic carbocycles. The first-order chi connectivity index (χ1) is 24.3. The maximum atomic E-state index is 11.9. The summed E-state index contributed by atoms with van der Waals surface area (Å²) in [6.45, 7) is 2.54. The Bertz CT molecular complexity index is 1700. The second-order valence-electron chi connectivity index (χ2n) is 11.9. The average molecular weight is 773 g/mol.